The first-order chi connectivity index (χ1) is 6.66. The number of hydrogen-bond acceptors (Lipinski definition) is 4. The van der Waals surface area contributed by atoms with Crippen LogP contribution in [0.2, 0.25) is 0 Å². The number of hydrogen-bond donors (Lipinski definition) is 1. The standard InChI is InChI=1S/C10H14N2O2/c1-3-14-10(13)8-6-4-5-7-9(8)12(2)11/h4-7H,3,11H2,1-2H3. The molecule has 0 heterocycles. The Morgan fingerprint density at radius 3 is 2.71 bits per heavy atom. The molecular weight excluding hydrogens is 180 g/mol. The minimum Gasteiger partial charge on any atom is -0.462 e. The van der Waals surface area contributed by atoms with Gasteiger partial charge in [-0.25, -0.2) is 10.6 Å². The second-order valence-electron chi connectivity index (χ2n) is 2.85. The Morgan fingerprint density at radius 1 is 1.50 bits per heavy atom. The normalized spacial score (nSPS) is 9.64. The van der Waals surface area contributed by atoms with E-state index in [9.17, 15) is 4.79 Å². The van der Waals surface area contributed by atoms with Gasteiger partial charge in [-0.15, -0.1) is 0 Å². The lowest BCUT2D eigenvalue weighted by atomic mass is 10.2. The van der Waals surface area contributed by atoms with Crippen molar-refractivity contribution in [2.24, 2.45) is 5.84 Å². The number of rotatable bonds is 3. The largest absolute Gasteiger partial charge is 0.462 e. The number of anilines is 1. The number of benzene rings is 1. The molecule has 1 aromatic carbocycles. The first kappa shape index (κ1) is 10.5. The predicted octanol–water partition coefficient (Wildman–Crippen LogP) is 1.17. The van der Waals surface area contributed by atoms with E-state index in [1.165, 1.54) is 5.01 Å². The highest BCUT2D eigenvalue weighted by Crippen LogP contribution is 2.17. The van der Waals surface area contributed by atoms with Crippen LogP contribution in [0.5, 0.6) is 0 Å². The molecule has 0 amide bonds. The van der Waals surface area contributed by atoms with E-state index >= 15 is 0 Å². The predicted molar refractivity (Wildman–Crippen MR) is 55.0 cm³/mol. The van der Waals surface area contributed by atoms with E-state index < -0.39 is 0 Å². The summed E-state index contributed by atoms with van der Waals surface area (Å²) >= 11 is 0. The molecule has 0 aromatic heterocycles. The van der Waals surface area contributed by atoms with Gasteiger partial charge in [0.2, 0.25) is 0 Å². The Hall–Kier alpha value is -1.55. The molecule has 0 saturated carbocycles. The summed E-state index contributed by atoms with van der Waals surface area (Å²) in [5, 5.41) is 1.40. The van der Waals surface area contributed by atoms with E-state index in [0.29, 0.717) is 17.9 Å². The van der Waals surface area contributed by atoms with Gasteiger partial charge in [-0.3, -0.25) is 0 Å². The van der Waals surface area contributed by atoms with Crippen molar-refractivity contribution in [3.63, 3.8) is 0 Å². The third kappa shape index (κ3) is 2.23. The zero-order valence-electron chi connectivity index (χ0n) is 8.36. The van der Waals surface area contributed by atoms with Crippen LogP contribution in [0, 0.1) is 0 Å². The summed E-state index contributed by atoms with van der Waals surface area (Å²) in [4.78, 5) is 11.5. The van der Waals surface area contributed by atoms with Gasteiger partial charge >= 0.3 is 5.97 Å². The van der Waals surface area contributed by atoms with Gasteiger partial charge in [-0.1, -0.05) is 12.1 Å². The first-order valence-electron chi connectivity index (χ1n) is 4.41. The maximum atomic E-state index is 11.5. The molecule has 0 saturated heterocycles. The third-order valence-electron chi connectivity index (χ3n) is 1.78. The number of ether oxygens (including phenoxy) is 1. The topological polar surface area (TPSA) is 55.6 Å². The number of para-hydroxylation sites is 1. The van der Waals surface area contributed by atoms with Gasteiger partial charge in [-0.2, -0.15) is 0 Å². The number of nitrogens with two attached hydrogens (primary N) is 1. The Labute approximate surface area is 83.2 Å². The van der Waals surface area contributed by atoms with Crippen LogP contribution < -0.4 is 10.9 Å². The van der Waals surface area contributed by atoms with Crippen LogP contribution in [0.3, 0.4) is 0 Å². The molecule has 2 N–H and O–H groups in total. The first-order valence-corrected chi connectivity index (χ1v) is 4.41. The molecule has 0 spiro atoms. The van der Waals surface area contributed by atoms with Crippen LogP contribution in [0.4, 0.5) is 5.69 Å². The van der Waals surface area contributed by atoms with Gasteiger partial charge in [0.1, 0.15) is 0 Å². The molecule has 0 aliphatic carbocycles. The van der Waals surface area contributed by atoms with Crippen LogP contribution in [0.15, 0.2) is 24.3 Å². The van der Waals surface area contributed by atoms with E-state index in [4.69, 9.17) is 10.6 Å². The summed E-state index contributed by atoms with van der Waals surface area (Å²) in [6.45, 7) is 2.13. The summed E-state index contributed by atoms with van der Waals surface area (Å²) < 4.78 is 4.90. The van der Waals surface area contributed by atoms with Crippen molar-refractivity contribution in [1.82, 2.24) is 0 Å². The summed E-state index contributed by atoms with van der Waals surface area (Å²) in [6, 6.07) is 7.06. The summed E-state index contributed by atoms with van der Waals surface area (Å²) in [6.07, 6.45) is 0. The number of hydrazine groups is 1. The fraction of sp³-hybridized carbons (Fsp3) is 0.300. The highest BCUT2D eigenvalue weighted by Gasteiger charge is 2.12. The van der Waals surface area contributed by atoms with Crippen molar-refractivity contribution in [2.45, 2.75) is 6.92 Å². The molecule has 0 unspecified atom stereocenters. The lowest BCUT2D eigenvalue weighted by Crippen LogP contribution is -2.27. The smallest absolute Gasteiger partial charge is 0.340 e. The van der Waals surface area contributed by atoms with Crippen molar-refractivity contribution in [1.29, 1.82) is 0 Å². The Bertz CT molecular complexity index is 324. The molecule has 0 radical (unpaired) electrons. The van der Waals surface area contributed by atoms with Crippen LogP contribution in [0.1, 0.15) is 17.3 Å². The molecule has 0 bridgehead atoms. The summed E-state index contributed by atoms with van der Waals surface area (Å²) in [7, 11) is 1.68. The van der Waals surface area contributed by atoms with Gasteiger partial charge in [-0.05, 0) is 19.1 Å². The molecule has 4 heteroatoms. The fourth-order valence-electron chi connectivity index (χ4n) is 1.16. The lowest BCUT2D eigenvalue weighted by Gasteiger charge is -2.15. The van der Waals surface area contributed by atoms with Gasteiger partial charge in [0, 0.05) is 7.05 Å². The SMILES string of the molecule is CCOC(=O)c1ccccc1N(C)N. The molecule has 0 aliphatic rings. The molecule has 1 rings (SSSR count). The van der Waals surface area contributed by atoms with E-state index in [1.807, 2.05) is 6.07 Å². The van der Waals surface area contributed by atoms with Gasteiger partial charge in [0.05, 0.1) is 17.9 Å². The Kier molecular flexibility index (Phi) is 3.48. The van der Waals surface area contributed by atoms with E-state index in [-0.39, 0.29) is 5.97 Å². The summed E-state index contributed by atoms with van der Waals surface area (Å²) in [5.41, 5.74) is 1.14. The Balaban J connectivity index is 3.00. The van der Waals surface area contributed by atoms with E-state index in [0.717, 1.165) is 0 Å². The van der Waals surface area contributed by atoms with Crippen molar-refractivity contribution in [3.05, 3.63) is 29.8 Å². The van der Waals surface area contributed by atoms with Crippen molar-refractivity contribution in [3.8, 4) is 0 Å². The van der Waals surface area contributed by atoms with Gasteiger partial charge < -0.3 is 9.75 Å². The van der Waals surface area contributed by atoms with Crippen LogP contribution in [-0.2, 0) is 4.74 Å². The van der Waals surface area contributed by atoms with Crippen molar-refractivity contribution in [2.75, 3.05) is 18.7 Å². The maximum absolute atomic E-state index is 11.5. The molecule has 0 atom stereocenters. The van der Waals surface area contributed by atoms with E-state index in [1.54, 1.807) is 32.2 Å². The minimum atomic E-state index is -0.347. The average molecular weight is 194 g/mol. The molecular formula is C10H14N2O2. The fourth-order valence-corrected chi connectivity index (χ4v) is 1.16. The number of carbonyl (C=O) groups is 1. The molecule has 4 nitrogen and oxygen atoms in total. The highest BCUT2D eigenvalue weighted by molar-refractivity contribution is 5.95. The second-order valence-corrected chi connectivity index (χ2v) is 2.85. The van der Waals surface area contributed by atoms with Gasteiger partial charge in [0.25, 0.3) is 0 Å². The average Bonchev–Trinajstić information content (AvgIpc) is 2.18. The number of carbonyl (C=O) groups excluding carboxylic acids is 1. The lowest BCUT2D eigenvalue weighted by molar-refractivity contribution is 0.0527. The third-order valence-corrected chi connectivity index (χ3v) is 1.78. The Morgan fingerprint density at radius 2 is 2.14 bits per heavy atom. The van der Waals surface area contributed by atoms with Crippen LogP contribution >= 0.6 is 0 Å². The van der Waals surface area contributed by atoms with Crippen LogP contribution in [-0.4, -0.2) is 19.6 Å². The molecule has 1 aromatic rings. The van der Waals surface area contributed by atoms with Crippen LogP contribution in [0.25, 0.3) is 0 Å². The van der Waals surface area contributed by atoms with E-state index in [2.05, 4.69) is 0 Å². The number of nitrogens with zero attached hydrogens (tertiary/aromatic N) is 1. The minimum absolute atomic E-state index is 0.347. The summed E-state index contributed by atoms with van der Waals surface area (Å²) in [5.74, 6) is 5.23. The molecule has 0 aliphatic heterocycles. The maximum Gasteiger partial charge on any atom is 0.340 e. The van der Waals surface area contributed by atoms with Crippen molar-refractivity contribution < 1.29 is 9.53 Å². The zero-order valence-corrected chi connectivity index (χ0v) is 8.36. The second kappa shape index (κ2) is 4.62. The molecule has 14 heavy (non-hydrogen) atoms. The quantitative estimate of drug-likeness (QED) is 0.446. The number of esters is 1. The van der Waals surface area contributed by atoms with Gasteiger partial charge in [0.15, 0.2) is 0 Å². The van der Waals surface area contributed by atoms with Crippen molar-refractivity contribution >= 4 is 11.7 Å². The monoisotopic (exact) mass is 194 g/mol. The molecule has 76 valence electrons. The zero-order chi connectivity index (χ0) is 10.6. The molecule has 0 fully saturated rings. The highest BCUT2D eigenvalue weighted by atomic mass is 16.5.